The molecule has 3 heteroatoms. The van der Waals surface area contributed by atoms with Gasteiger partial charge in [-0.1, -0.05) is 38.7 Å². The number of ether oxygens (including phenoxy) is 1. The Morgan fingerprint density at radius 2 is 2.11 bits per heavy atom. The van der Waals surface area contributed by atoms with Crippen LogP contribution in [0.1, 0.15) is 51.5 Å². The molecule has 1 rings (SSSR count). The average Bonchev–Trinajstić information content (AvgIpc) is 2.43. The summed E-state index contributed by atoms with van der Waals surface area (Å²) in [4.78, 5) is 0. The first-order valence-electron chi connectivity index (χ1n) is 7.06. The fourth-order valence-electron chi connectivity index (χ4n) is 2.14. The standard InChI is InChI=1S/C16H24N2O/c1-4-5-6-7-9-13(2)18-16-14(12-17)10-8-11-15(16)19-3/h8,10-11,13,18H,4-7,9H2,1-3H3. The summed E-state index contributed by atoms with van der Waals surface area (Å²) in [6.45, 7) is 4.37. The van der Waals surface area contributed by atoms with Crippen LogP contribution in [0.25, 0.3) is 0 Å². The van der Waals surface area contributed by atoms with Gasteiger partial charge in [-0.15, -0.1) is 0 Å². The first-order valence-corrected chi connectivity index (χ1v) is 7.06. The molecular weight excluding hydrogens is 236 g/mol. The zero-order chi connectivity index (χ0) is 14.1. The van der Waals surface area contributed by atoms with Crippen molar-refractivity contribution in [3.8, 4) is 11.8 Å². The highest BCUT2D eigenvalue weighted by molar-refractivity contribution is 5.66. The summed E-state index contributed by atoms with van der Waals surface area (Å²) in [7, 11) is 1.63. The van der Waals surface area contributed by atoms with Crippen LogP contribution in [0.5, 0.6) is 5.75 Å². The van der Waals surface area contributed by atoms with E-state index >= 15 is 0 Å². The van der Waals surface area contributed by atoms with Gasteiger partial charge in [0.05, 0.1) is 18.4 Å². The summed E-state index contributed by atoms with van der Waals surface area (Å²) >= 11 is 0. The average molecular weight is 260 g/mol. The summed E-state index contributed by atoms with van der Waals surface area (Å²) < 4.78 is 5.32. The number of hydrogen-bond acceptors (Lipinski definition) is 3. The molecule has 0 fully saturated rings. The minimum atomic E-state index is 0.347. The summed E-state index contributed by atoms with van der Waals surface area (Å²) in [5.74, 6) is 0.736. The highest BCUT2D eigenvalue weighted by Crippen LogP contribution is 2.29. The summed E-state index contributed by atoms with van der Waals surface area (Å²) in [5, 5.41) is 12.6. The number of benzene rings is 1. The van der Waals surface area contributed by atoms with Crippen molar-refractivity contribution in [2.24, 2.45) is 0 Å². The van der Waals surface area contributed by atoms with E-state index in [-0.39, 0.29) is 0 Å². The van der Waals surface area contributed by atoms with Crippen LogP contribution in [-0.2, 0) is 0 Å². The molecule has 0 bridgehead atoms. The Labute approximate surface area is 116 Å². The van der Waals surface area contributed by atoms with Crippen LogP contribution >= 0.6 is 0 Å². The normalized spacial score (nSPS) is 11.7. The van der Waals surface area contributed by atoms with Crippen LogP contribution in [0.15, 0.2) is 18.2 Å². The molecule has 19 heavy (non-hydrogen) atoms. The van der Waals surface area contributed by atoms with Gasteiger partial charge in [0.1, 0.15) is 11.8 Å². The molecule has 0 aliphatic rings. The van der Waals surface area contributed by atoms with Crippen LogP contribution < -0.4 is 10.1 Å². The molecule has 0 heterocycles. The van der Waals surface area contributed by atoms with Crippen molar-refractivity contribution < 1.29 is 4.74 Å². The lowest BCUT2D eigenvalue weighted by molar-refractivity contribution is 0.415. The van der Waals surface area contributed by atoms with E-state index in [0.717, 1.165) is 17.9 Å². The van der Waals surface area contributed by atoms with E-state index in [2.05, 4.69) is 25.2 Å². The fourth-order valence-corrected chi connectivity index (χ4v) is 2.14. The van der Waals surface area contributed by atoms with Crippen molar-refractivity contribution in [3.63, 3.8) is 0 Å². The van der Waals surface area contributed by atoms with E-state index < -0.39 is 0 Å². The molecule has 0 spiro atoms. The maximum atomic E-state index is 9.15. The minimum absolute atomic E-state index is 0.347. The first-order chi connectivity index (χ1) is 9.22. The Hall–Kier alpha value is -1.69. The van der Waals surface area contributed by atoms with E-state index in [1.165, 1.54) is 25.7 Å². The van der Waals surface area contributed by atoms with Gasteiger partial charge in [0, 0.05) is 6.04 Å². The SMILES string of the molecule is CCCCCCC(C)Nc1c(C#N)cccc1OC. The van der Waals surface area contributed by atoms with Crippen LogP contribution in [0.3, 0.4) is 0 Å². The molecule has 0 saturated heterocycles. The fraction of sp³-hybridized carbons (Fsp3) is 0.562. The second-order valence-corrected chi connectivity index (χ2v) is 4.89. The van der Waals surface area contributed by atoms with Crippen LogP contribution in [0.4, 0.5) is 5.69 Å². The van der Waals surface area contributed by atoms with Crippen LogP contribution in [0, 0.1) is 11.3 Å². The zero-order valence-electron chi connectivity index (χ0n) is 12.2. The second kappa shape index (κ2) is 8.42. The van der Waals surface area contributed by atoms with Crippen molar-refractivity contribution in [1.29, 1.82) is 5.26 Å². The molecular formula is C16H24N2O. The topological polar surface area (TPSA) is 45.0 Å². The van der Waals surface area contributed by atoms with E-state index in [1.807, 2.05) is 18.2 Å². The summed E-state index contributed by atoms with van der Waals surface area (Å²) in [5.41, 5.74) is 1.45. The third-order valence-electron chi connectivity index (χ3n) is 3.25. The third-order valence-corrected chi connectivity index (χ3v) is 3.25. The molecule has 1 atom stereocenters. The van der Waals surface area contributed by atoms with E-state index in [9.17, 15) is 0 Å². The molecule has 1 unspecified atom stereocenters. The highest BCUT2D eigenvalue weighted by atomic mass is 16.5. The Balaban J connectivity index is 2.62. The lowest BCUT2D eigenvalue weighted by Gasteiger charge is -2.18. The molecule has 3 nitrogen and oxygen atoms in total. The third kappa shape index (κ3) is 4.82. The van der Waals surface area contributed by atoms with Crippen molar-refractivity contribution in [2.75, 3.05) is 12.4 Å². The maximum absolute atomic E-state index is 9.15. The molecule has 104 valence electrons. The first kappa shape index (κ1) is 15.4. The van der Waals surface area contributed by atoms with Crippen molar-refractivity contribution in [3.05, 3.63) is 23.8 Å². The summed E-state index contributed by atoms with van der Waals surface area (Å²) in [6, 6.07) is 8.09. The Kier molecular flexibility index (Phi) is 6.81. The van der Waals surface area contributed by atoms with Gasteiger partial charge in [-0.2, -0.15) is 5.26 Å². The number of anilines is 1. The van der Waals surface area contributed by atoms with E-state index in [1.54, 1.807) is 7.11 Å². The van der Waals surface area contributed by atoms with Gasteiger partial charge in [-0.05, 0) is 25.5 Å². The predicted octanol–water partition coefficient (Wildman–Crippen LogP) is 4.34. The second-order valence-electron chi connectivity index (χ2n) is 4.89. The Morgan fingerprint density at radius 1 is 1.32 bits per heavy atom. The molecule has 0 aliphatic carbocycles. The smallest absolute Gasteiger partial charge is 0.143 e. The molecule has 0 saturated carbocycles. The molecule has 1 N–H and O–H groups in total. The van der Waals surface area contributed by atoms with Gasteiger partial charge in [0.2, 0.25) is 0 Å². The molecule has 1 aromatic rings. The minimum Gasteiger partial charge on any atom is -0.495 e. The highest BCUT2D eigenvalue weighted by Gasteiger charge is 2.11. The Bertz CT molecular complexity index is 423. The maximum Gasteiger partial charge on any atom is 0.143 e. The largest absolute Gasteiger partial charge is 0.495 e. The molecule has 0 aromatic heterocycles. The van der Waals surface area contributed by atoms with Gasteiger partial charge in [-0.3, -0.25) is 0 Å². The monoisotopic (exact) mass is 260 g/mol. The summed E-state index contributed by atoms with van der Waals surface area (Å²) in [6.07, 6.45) is 6.17. The van der Waals surface area contributed by atoms with Gasteiger partial charge < -0.3 is 10.1 Å². The zero-order valence-corrected chi connectivity index (χ0v) is 12.2. The molecule has 0 aliphatic heterocycles. The number of nitrogens with one attached hydrogen (secondary N) is 1. The van der Waals surface area contributed by atoms with Gasteiger partial charge in [-0.25, -0.2) is 0 Å². The quantitative estimate of drug-likeness (QED) is 0.707. The van der Waals surface area contributed by atoms with Crippen LogP contribution in [-0.4, -0.2) is 13.2 Å². The Morgan fingerprint density at radius 3 is 2.74 bits per heavy atom. The van der Waals surface area contributed by atoms with Crippen molar-refractivity contribution in [1.82, 2.24) is 0 Å². The number of nitriles is 1. The number of methoxy groups -OCH3 is 1. The lowest BCUT2D eigenvalue weighted by Crippen LogP contribution is -2.16. The number of unbranched alkanes of at least 4 members (excludes halogenated alkanes) is 3. The van der Waals surface area contributed by atoms with Gasteiger partial charge in [0.25, 0.3) is 0 Å². The predicted molar refractivity (Wildman–Crippen MR) is 79.6 cm³/mol. The van der Waals surface area contributed by atoms with Crippen molar-refractivity contribution in [2.45, 2.75) is 52.0 Å². The van der Waals surface area contributed by atoms with E-state index in [4.69, 9.17) is 10.00 Å². The lowest BCUT2D eigenvalue weighted by atomic mass is 10.1. The van der Waals surface area contributed by atoms with Gasteiger partial charge >= 0.3 is 0 Å². The van der Waals surface area contributed by atoms with E-state index in [0.29, 0.717) is 11.6 Å². The molecule has 1 aromatic carbocycles. The van der Waals surface area contributed by atoms with Crippen molar-refractivity contribution >= 4 is 5.69 Å². The molecule has 0 amide bonds. The van der Waals surface area contributed by atoms with Crippen LogP contribution in [0.2, 0.25) is 0 Å². The number of rotatable bonds is 8. The number of nitrogens with zero attached hydrogens (tertiary/aromatic N) is 1. The number of para-hydroxylation sites is 1. The number of hydrogen-bond donors (Lipinski definition) is 1. The van der Waals surface area contributed by atoms with Gasteiger partial charge in [0.15, 0.2) is 0 Å². The molecule has 0 radical (unpaired) electrons.